The zero-order valence-corrected chi connectivity index (χ0v) is 15.8. The number of carbonyl (C=O) groups is 1. The van der Waals surface area contributed by atoms with Gasteiger partial charge in [0.05, 0.1) is 11.5 Å². The summed E-state index contributed by atoms with van der Waals surface area (Å²) < 4.78 is 37.0. The first-order valence-electron chi connectivity index (χ1n) is 8.29. The first-order chi connectivity index (χ1) is 13.0. The number of carbonyl (C=O) groups excluding carboxylic acids is 1. The lowest BCUT2D eigenvalue weighted by atomic mass is 10.2. The smallest absolute Gasteiger partial charge is 0.255 e. The van der Waals surface area contributed by atoms with E-state index in [-0.39, 0.29) is 23.9 Å². The summed E-state index contributed by atoms with van der Waals surface area (Å²) >= 11 is 0. The minimum absolute atomic E-state index is 0.0515. The van der Waals surface area contributed by atoms with Crippen molar-refractivity contribution in [1.29, 1.82) is 0 Å². The van der Waals surface area contributed by atoms with Gasteiger partial charge >= 0.3 is 0 Å². The van der Waals surface area contributed by atoms with Crippen LogP contribution in [-0.4, -0.2) is 47.7 Å². The normalized spacial score (nSPS) is 11.2. The highest BCUT2D eigenvalue weighted by Gasteiger charge is 2.14. The van der Waals surface area contributed by atoms with Crippen LogP contribution in [-0.2, 0) is 14.8 Å². The molecule has 0 saturated carbocycles. The summed E-state index contributed by atoms with van der Waals surface area (Å²) in [5.41, 5.74) is 6.11. The van der Waals surface area contributed by atoms with E-state index in [1.54, 1.807) is 43.5 Å². The van der Waals surface area contributed by atoms with Crippen LogP contribution in [0.15, 0.2) is 53.4 Å². The number of anilines is 1. The Morgan fingerprint density at radius 3 is 2.52 bits per heavy atom. The fraction of sp³-hybridized carbons (Fsp3) is 0.278. The second kappa shape index (κ2) is 10.0. The van der Waals surface area contributed by atoms with E-state index < -0.39 is 10.0 Å². The first-order valence-corrected chi connectivity index (χ1v) is 9.77. The lowest BCUT2D eigenvalue weighted by molar-refractivity contribution is 0.102. The number of methoxy groups -OCH3 is 1. The topological polar surface area (TPSA) is 120 Å². The number of sulfonamides is 1. The van der Waals surface area contributed by atoms with Gasteiger partial charge in [-0.05, 0) is 42.5 Å². The Morgan fingerprint density at radius 1 is 1.11 bits per heavy atom. The van der Waals surface area contributed by atoms with Crippen molar-refractivity contribution in [1.82, 2.24) is 4.72 Å². The van der Waals surface area contributed by atoms with Crippen LogP contribution in [0, 0.1) is 0 Å². The molecule has 0 radical (unpaired) electrons. The van der Waals surface area contributed by atoms with Crippen molar-refractivity contribution in [2.75, 3.05) is 38.7 Å². The average Bonchev–Trinajstić information content (AvgIpc) is 2.67. The fourth-order valence-electron chi connectivity index (χ4n) is 2.17. The standard InChI is InChI=1S/C18H23N3O5S/c1-25-11-12-26-16-7-5-14(6-8-16)18(22)21-15-3-2-4-17(13-15)27(23,24)20-10-9-19/h2-8,13,20H,9-12,19H2,1H3,(H,21,22). The second-order valence-corrected chi connectivity index (χ2v) is 7.30. The number of hydrogen-bond acceptors (Lipinski definition) is 6. The maximum atomic E-state index is 12.4. The summed E-state index contributed by atoms with van der Waals surface area (Å²) in [4.78, 5) is 12.4. The molecule has 0 heterocycles. The van der Waals surface area contributed by atoms with Crippen LogP contribution in [0.1, 0.15) is 10.4 Å². The molecule has 0 aliphatic heterocycles. The molecule has 0 atom stereocenters. The Bertz CT molecular complexity index is 854. The van der Waals surface area contributed by atoms with E-state index in [4.69, 9.17) is 15.2 Å². The van der Waals surface area contributed by atoms with E-state index >= 15 is 0 Å². The average molecular weight is 393 g/mol. The van der Waals surface area contributed by atoms with Crippen molar-refractivity contribution >= 4 is 21.6 Å². The van der Waals surface area contributed by atoms with Gasteiger partial charge in [0, 0.05) is 31.5 Å². The summed E-state index contributed by atoms with van der Waals surface area (Å²) in [6, 6.07) is 12.6. The zero-order valence-electron chi connectivity index (χ0n) is 15.0. The van der Waals surface area contributed by atoms with E-state index in [1.807, 2.05) is 0 Å². The van der Waals surface area contributed by atoms with Gasteiger partial charge in [0.15, 0.2) is 0 Å². The summed E-state index contributed by atoms with van der Waals surface area (Å²) in [6.07, 6.45) is 0. The Balaban J connectivity index is 2.04. The summed E-state index contributed by atoms with van der Waals surface area (Å²) in [5, 5.41) is 2.68. The molecule has 2 rings (SSSR count). The van der Waals surface area contributed by atoms with Gasteiger partial charge in [-0.25, -0.2) is 13.1 Å². The van der Waals surface area contributed by atoms with Crippen molar-refractivity contribution in [3.8, 4) is 5.75 Å². The van der Waals surface area contributed by atoms with Gasteiger partial charge in [-0.15, -0.1) is 0 Å². The quantitative estimate of drug-likeness (QED) is 0.522. The minimum Gasteiger partial charge on any atom is -0.491 e. The van der Waals surface area contributed by atoms with E-state index in [1.165, 1.54) is 12.1 Å². The molecule has 1 amide bonds. The third-order valence-corrected chi connectivity index (χ3v) is 4.97. The third-order valence-electron chi connectivity index (χ3n) is 3.51. The van der Waals surface area contributed by atoms with Crippen molar-refractivity contribution < 1.29 is 22.7 Å². The highest BCUT2D eigenvalue weighted by Crippen LogP contribution is 2.17. The van der Waals surface area contributed by atoms with Gasteiger partial charge < -0.3 is 20.5 Å². The van der Waals surface area contributed by atoms with Gasteiger partial charge in [0.2, 0.25) is 10.0 Å². The molecule has 0 aliphatic rings. The molecule has 27 heavy (non-hydrogen) atoms. The molecule has 0 saturated heterocycles. The lowest BCUT2D eigenvalue weighted by Gasteiger charge is -2.10. The van der Waals surface area contributed by atoms with Crippen LogP contribution in [0.3, 0.4) is 0 Å². The molecule has 0 aromatic heterocycles. The Labute approximate surface area is 158 Å². The lowest BCUT2D eigenvalue weighted by Crippen LogP contribution is -2.29. The van der Waals surface area contributed by atoms with Crippen LogP contribution >= 0.6 is 0 Å². The van der Waals surface area contributed by atoms with E-state index in [9.17, 15) is 13.2 Å². The van der Waals surface area contributed by atoms with Crippen LogP contribution in [0.25, 0.3) is 0 Å². The molecule has 0 unspecified atom stereocenters. The molecule has 146 valence electrons. The van der Waals surface area contributed by atoms with E-state index in [2.05, 4.69) is 10.0 Å². The molecular weight excluding hydrogens is 370 g/mol. The summed E-state index contributed by atoms with van der Waals surface area (Å²) in [7, 11) is -2.08. The second-order valence-electron chi connectivity index (χ2n) is 5.53. The van der Waals surface area contributed by atoms with Crippen molar-refractivity contribution in [3.05, 3.63) is 54.1 Å². The van der Waals surface area contributed by atoms with Gasteiger partial charge in [-0.3, -0.25) is 4.79 Å². The van der Waals surface area contributed by atoms with Crippen molar-refractivity contribution in [3.63, 3.8) is 0 Å². The molecule has 0 bridgehead atoms. The number of hydrogen-bond donors (Lipinski definition) is 3. The maximum absolute atomic E-state index is 12.4. The van der Waals surface area contributed by atoms with Crippen LogP contribution in [0.5, 0.6) is 5.75 Å². The predicted molar refractivity (Wildman–Crippen MR) is 102 cm³/mol. The Morgan fingerprint density at radius 2 is 1.85 bits per heavy atom. The molecule has 9 heteroatoms. The Kier molecular flexibility index (Phi) is 7.74. The predicted octanol–water partition coefficient (Wildman–Crippen LogP) is 1.20. The molecule has 0 fully saturated rings. The molecule has 0 spiro atoms. The molecule has 0 aliphatic carbocycles. The van der Waals surface area contributed by atoms with Gasteiger partial charge in [0.1, 0.15) is 12.4 Å². The van der Waals surface area contributed by atoms with Crippen molar-refractivity contribution in [2.24, 2.45) is 5.73 Å². The van der Waals surface area contributed by atoms with Crippen molar-refractivity contribution in [2.45, 2.75) is 4.90 Å². The van der Waals surface area contributed by atoms with Crippen LogP contribution < -0.4 is 20.5 Å². The number of nitrogens with two attached hydrogens (primary N) is 1. The minimum atomic E-state index is -3.67. The zero-order chi connectivity index (χ0) is 19.7. The maximum Gasteiger partial charge on any atom is 0.255 e. The molecular formula is C18H23N3O5S. The largest absolute Gasteiger partial charge is 0.491 e. The first kappa shape index (κ1) is 20.8. The summed E-state index contributed by atoms with van der Waals surface area (Å²) in [5.74, 6) is 0.269. The SMILES string of the molecule is COCCOc1ccc(C(=O)Nc2cccc(S(=O)(=O)NCCN)c2)cc1. The number of benzene rings is 2. The Hall–Kier alpha value is -2.46. The molecule has 2 aromatic carbocycles. The highest BCUT2D eigenvalue weighted by atomic mass is 32.2. The number of rotatable bonds is 10. The molecule has 2 aromatic rings. The van der Waals surface area contributed by atoms with Crippen LogP contribution in [0.2, 0.25) is 0 Å². The highest BCUT2D eigenvalue weighted by molar-refractivity contribution is 7.89. The van der Waals surface area contributed by atoms with Crippen LogP contribution in [0.4, 0.5) is 5.69 Å². The molecule has 8 nitrogen and oxygen atoms in total. The van der Waals surface area contributed by atoms with Gasteiger partial charge in [-0.1, -0.05) is 6.07 Å². The number of amides is 1. The summed E-state index contributed by atoms with van der Waals surface area (Å²) in [6.45, 7) is 1.22. The van der Waals surface area contributed by atoms with Gasteiger partial charge in [-0.2, -0.15) is 0 Å². The van der Waals surface area contributed by atoms with E-state index in [0.29, 0.717) is 30.2 Å². The molecule has 4 N–H and O–H groups in total. The fourth-order valence-corrected chi connectivity index (χ4v) is 3.26. The number of ether oxygens (including phenoxy) is 2. The number of nitrogens with one attached hydrogen (secondary N) is 2. The van der Waals surface area contributed by atoms with E-state index in [0.717, 1.165) is 0 Å². The van der Waals surface area contributed by atoms with Gasteiger partial charge in [0.25, 0.3) is 5.91 Å². The third kappa shape index (κ3) is 6.33. The monoisotopic (exact) mass is 393 g/mol.